The molecule has 3 amide bonds. The molecule has 2 heterocycles. The van der Waals surface area contributed by atoms with Crippen LogP contribution in [0.2, 0.25) is 0 Å². The lowest BCUT2D eigenvalue weighted by Gasteiger charge is -2.48. The second kappa shape index (κ2) is 11.3. The Kier molecular flexibility index (Phi) is 7.74. The van der Waals surface area contributed by atoms with Crippen molar-refractivity contribution in [3.05, 3.63) is 65.7 Å². The first kappa shape index (κ1) is 25.3. The maximum Gasteiger partial charge on any atom is 0.254 e. The van der Waals surface area contributed by atoms with Gasteiger partial charge in [-0.05, 0) is 42.7 Å². The standard InChI is InChI=1S/C29H36N4O4/c1-37-23-13-11-22(12-14-23)29(36)33-25-10-6-5-9-24(25)30-28(35)26(33)19-27(34)32-17-15-31(16-18-32)20-21-7-3-2-4-8-21/h2-4,7-8,11-14,24-26H,5-6,9-10,15-20H2,1H3,(H,30,35)/t24-,25-,26+/m0/s1. The third-order valence-corrected chi connectivity index (χ3v) is 7.97. The first-order valence-corrected chi connectivity index (χ1v) is 13.3. The van der Waals surface area contributed by atoms with Gasteiger partial charge in [-0.25, -0.2) is 0 Å². The highest BCUT2D eigenvalue weighted by Gasteiger charge is 2.46. The zero-order chi connectivity index (χ0) is 25.8. The van der Waals surface area contributed by atoms with Crippen LogP contribution in [0.5, 0.6) is 5.75 Å². The highest BCUT2D eigenvalue weighted by atomic mass is 16.5. The smallest absolute Gasteiger partial charge is 0.254 e. The monoisotopic (exact) mass is 504 g/mol. The molecule has 8 heteroatoms. The number of piperazine rings is 2. The van der Waals surface area contributed by atoms with Crippen LogP contribution >= 0.6 is 0 Å². The number of carbonyl (C=O) groups is 3. The second-order valence-corrected chi connectivity index (χ2v) is 10.3. The summed E-state index contributed by atoms with van der Waals surface area (Å²) in [5.41, 5.74) is 1.77. The van der Waals surface area contributed by atoms with E-state index in [0.29, 0.717) is 24.4 Å². The largest absolute Gasteiger partial charge is 0.497 e. The summed E-state index contributed by atoms with van der Waals surface area (Å²) >= 11 is 0. The summed E-state index contributed by atoms with van der Waals surface area (Å²) in [6, 6.07) is 16.3. The topological polar surface area (TPSA) is 82.2 Å². The molecule has 1 N–H and O–H groups in total. The van der Waals surface area contributed by atoms with Crippen LogP contribution in [-0.4, -0.2) is 83.8 Å². The number of ether oxygens (including phenoxy) is 1. The number of amides is 3. The number of rotatable bonds is 6. The molecular formula is C29H36N4O4. The van der Waals surface area contributed by atoms with Crippen LogP contribution in [0.4, 0.5) is 0 Å². The zero-order valence-electron chi connectivity index (χ0n) is 21.5. The van der Waals surface area contributed by atoms with Crippen molar-refractivity contribution in [2.75, 3.05) is 33.3 Å². The lowest BCUT2D eigenvalue weighted by atomic mass is 9.84. The molecule has 0 spiro atoms. The van der Waals surface area contributed by atoms with E-state index in [2.05, 4.69) is 22.3 Å². The highest BCUT2D eigenvalue weighted by Crippen LogP contribution is 2.31. The number of nitrogens with zero attached hydrogens (tertiary/aromatic N) is 3. The molecule has 37 heavy (non-hydrogen) atoms. The Morgan fingerprint density at radius 2 is 1.65 bits per heavy atom. The van der Waals surface area contributed by atoms with Crippen LogP contribution in [-0.2, 0) is 16.1 Å². The minimum absolute atomic E-state index is 0.00956. The fraction of sp³-hybridized carbons (Fsp3) is 0.483. The Morgan fingerprint density at radius 1 is 0.946 bits per heavy atom. The average molecular weight is 505 g/mol. The zero-order valence-corrected chi connectivity index (χ0v) is 21.5. The summed E-state index contributed by atoms with van der Waals surface area (Å²) in [6.45, 7) is 3.69. The third kappa shape index (κ3) is 5.64. The van der Waals surface area contributed by atoms with Gasteiger partial charge in [-0.1, -0.05) is 43.2 Å². The summed E-state index contributed by atoms with van der Waals surface area (Å²) in [6.07, 6.45) is 3.73. The molecule has 0 aromatic heterocycles. The Bertz CT molecular complexity index is 1100. The number of methoxy groups -OCH3 is 1. The lowest BCUT2D eigenvalue weighted by Crippen LogP contribution is -2.68. The maximum absolute atomic E-state index is 13.8. The van der Waals surface area contributed by atoms with Gasteiger partial charge in [-0.3, -0.25) is 19.3 Å². The van der Waals surface area contributed by atoms with Crippen molar-refractivity contribution in [1.82, 2.24) is 20.0 Å². The van der Waals surface area contributed by atoms with Gasteiger partial charge in [0, 0.05) is 44.3 Å². The Morgan fingerprint density at radius 3 is 2.35 bits per heavy atom. The van der Waals surface area contributed by atoms with Crippen LogP contribution in [0.1, 0.15) is 48.0 Å². The molecule has 0 unspecified atom stereocenters. The minimum atomic E-state index is -0.802. The van der Waals surface area contributed by atoms with E-state index in [1.165, 1.54) is 5.56 Å². The molecule has 1 aliphatic carbocycles. The van der Waals surface area contributed by atoms with Crippen molar-refractivity contribution in [3.8, 4) is 5.75 Å². The van der Waals surface area contributed by atoms with Crippen molar-refractivity contribution < 1.29 is 19.1 Å². The summed E-state index contributed by atoms with van der Waals surface area (Å²) in [4.78, 5) is 46.3. The summed E-state index contributed by atoms with van der Waals surface area (Å²) in [5.74, 6) is 0.184. The molecular weight excluding hydrogens is 468 g/mol. The number of hydrogen-bond acceptors (Lipinski definition) is 5. The van der Waals surface area contributed by atoms with Crippen LogP contribution in [0, 0.1) is 0 Å². The quantitative estimate of drug-likeness (QED) is 0.654. The molecule has 2 aromatic carbocycles. The van der Waals surface area contributed by atoms with E-state index in [1.807, 2.05) is 23.1 Å². The van der Waals surface area contributed by atoms with Gasteiger partial charge in [0.2, 0.25) is 11.8 Å². The summed E-state index contributed by atoms with van der Waals surface area (Å²) in [5, 5.41) is 3.13. The highest BCUT2D eigenvalue weighted by molar-refractivity contribution is 6.00. The molecule has 3 fully saturated rings. The molecule has 0 bridgehead atoms. The summed E-state index contributed by atoms with van der Waals surface area (Å²) in [7, 11) is 1.58. The van der Waals surface area contributed by atoms with Crippen LogP contribution < -0.4 is 10.1 Å². The van der Waals surface area contributed by atoms with Gasteiger partial charge in [-0.15, -0.1) is 0 Å². The van der Waals surface area contributed by atoms with Gasteiger partial charge in [0.1, 0.15) is 11.8 Å². The molecule has 196 valence electrons. The van der Waals surface area contributed by atoms with Crippen molar-refractivity contribution >= 4 is 17.7 Å². The van der Waals surface area contributed by atoms with E-state index >= 15 is 0 Å². The van der Waals surface area contributed by atoms with Gasteiger partial charge in [0.25, 0.3) is 5.91 Å². The van der Waals surface area contributed by atoms with E-state index in [-0.39, 0.29) is 36.2 Å². The molecule has 2 aliphatic heterocycles. The number of fused-ring (bicyclic) bond motifs is 1. The SMILES string of the molecule is COc1ccc(C(=O)N2[C@H](CC(=O)N3CCN(Cc4ccccc4)CC3)C(=O)N[C@H]3CCCC[C@@H]32)cc1. The van der Waals surface area contributed by atoms with Gasteiger partial charge >= 0.3 is 0 Å². The first-order chi connectivity index (χ1) is 18.0. The van der Waals surface area contributed by atoms with E-state index < -0.39 is 6.04 Å². The molecule has 2 saturated heterocycles. The second-order valence-electron chi connectivity index (χ2n) is 10.3. The van der Waals surface area contributed by atoms with Crippen molar-refractivity contribution in [3.63, 3.8) is 0 Å². The van der Waals surface area contributed by atoms with Gasteiger partial charge in [0.15, 0.2) is 0 Å². The van der Waals surface area contributed by atoms with Crippen molar-refractivity contribution in [2.24, 2.45) is 0 Å². The average Bonchev–Trinajstić information content (AvgIpc) is 2.94. The normalized spacial score (nSPS) is 24.2. The molecule has 8 nitrogen and oxygen atoms in total. The third-order valence-electron chi connectivity index (χ3n) is 7.97. The van der Waals surface area contributed by atoms with E-state index in [4.69, 9.17) is 4.74 Å². The Hall–Kier alpha value is -3.39. The number of nitrogens with one attached hydrogen (secondary N) is 1. The molecule has 3 atom stereocenters. The molecule has 0 radical (unpaired) electrons. The number of hydrogen-bond donors (Lipinski definition) is 1. The number of benzene rings is 2. The fourth-order valence-electron chi connectivity index (χ4n) is 5.91. The van der Waals surface area contributed by atoms with Gasteiger partial charge in [-0.2, -0.15) is 0 Å². The number of carbonyl (C=O) groups excluding carboxylic acids is 3. The lowest BCUT2D eigenvalue weighted by molar-refractivity contribution is -0.141. The molecule has 2 aromatic rings. The Balaban J connectivity index is 1.28. The molecule has 1 saturated carbocycles. The van der Waals surface area contributed by atoms with E-state index in [9.17, 15) is 14.4 Å². The fourth-order valence-corrected chi connectivity index (χ4v) is 5.91. The first-order valence-electron chi connectivity index (χ1n) is 13.3. The van der Waals surface area contributed by atoms with Crippen molar-refractivity contribution in [2.45, 2.75) is 56.8 Å². The van der Waals surface area contributed by atoms with Crippen LogP contribution in [0.15, 0.2) is 54.6 Å². The minimum Gasteiger partial charge on any atom is -0.497 e. The van der Waals surface area contributed by atoms with E-state index in [0.717, 1.165) is 45.3 Å². The van der Waals surface area contributed by atoms with Crippen LogP contribution in [0.3, 0.4) is 0 Å². The van der Waals surface area contributed by atoms with Gasteiger partial charge < -0.3 is 19.9 Å². The maximum atomic E-state index is 13.8. The van der Waals surface area contributed by atoms with Crippen molar-refractivity contribution in [1.29, 1.82) is 0 Å². The Labute approximate surface area is 218 Å². The van der Waals surface area contributed by atoms with Gasteiger partial charge in [0.05, 0.1) is 19.6 Å². The summed E-state index contributed by atoms with van der Waals surface area (Å²) < 4.78 is 5.24. The van der Waals surface area contributed by atoms with Crippen LogP contribution in [0.25, 0.3) is 0 Å². The van der Waals surface area contributed by atoms with E-state index in [1.54, 1.807) is 36.3 Å². The predicted molar refractivity (Wildman–Crippen MR) is 140 cm³/mol. The predicted octanol–water partition coefficient (Wildman–Crippen LogP) is 2.68. The molecule has 3 aliphatic rings. The molecule has 5 rings (SSSR count).